The van der Waals surface area contributed by atoms with Crippen LogP contribution in [0.3, 0.4) is 0 Å². The highest BCUT2D eigenvalue weighted by molar-refractivity contribution is 5.91. The van der Waals surface area contributed by atoms with E-state index in [1.54, 1.807) is 12.1 Å². The van der Waals surface area contributed by atoms with Crippen molar-refractivity contribution in [2.45, 2.75) is 19.8 Å². The molecule has 0 fully saturated rings. The Balaban J connectivity index is 1.62. The summed E-state index contributed by atoms with van der Waals surface area (Å²) in [5.74, 6) is 0.872. The molecule has 4 N–H and O–H groups in total. The van der Waals surface area contributed by atoms with Crippen molar-refractivity contribution in [3.05, 3.63) is 42.0 Å². The molecule has 0 atom stereocenters. The molecule has 1 amide bonds. The molecule has 0 saturated carbocycles. The zero-order valence-corrected chi connectivity index (χ0v) is 12.1. The number of furan rings is 1. The number of rotatable bonds is 7. The minimum atomic E-state index is -0.183. The fourth-order valence-corrected chi connectivity index (χ4v) is 1.86. The van der Waals surface area contributed by atoms with E-state index in [1.165, 1.54) is 6.26 Å². The molecule has 0 radical (unpaired) electrons. The van der Waals surface area contributed by atoms with Gasteiger partial charge in [0, 0.05) is 18.8 Å². The minimum Gasteiger partial charge on any atom is -0.459 e. The molecule has 0 aliphatic heterocycles. The Morgan fingerprint density at radius 3 is 2.86 bits per heavy atom. The van der Waals surface area contributed by atoms with Gasteiger partial charge in [-0.1, -0.05) is 0 Å². The fourth-order valence-electron chi connectivity index (χ4n) is 1.86. The summed E-state index contributed by atoms with van der Waals surface area (Å²) in [6, 6.07) is 7.06. The van der Waals surface area contributed by atoms with E-state index in [0.29, 0.717) is 18.0 Å². The van der Waals surface area contributed by atoms with Crippen LogP contribution in [0.1, 0.15) is 29.1 Å². The standard InChI is InChI=1S/C15H20N4O2/c1-11-6-7-12(16)14(19-11)17-8-2-3-9-18-15(20)13-5-4-10-21-13/h4-7,10H,2-3,8-9,16H2,1H3,(H,17,19)(H,18,20). The molecule has 2 aromatic heterocycles. The largest absolute Gasteiger partial charge is 0.459 e. The van der Waals surface area contributed by atoms with Crippen LogP contribution in [0.15, 0.2) is 34.9 Å². The predicted octanol–water partition coefficient (Wildman–Crippen LogP) is 2.19. The molecule has 21 heavy (non-hydrogen) atoms. The summed E-state index contributed by atoms with van der Waals surface area (Å²) in [6.45, 7) is 3.30. The van der Waals surface area contributed by atoms with Gasteiger partial charge >= 0.3 is 0 Å². The third-order valence-electron chi connectivity index (χ3n) is 2.99. The molecule has 2 aromatic rings. The fraction of sp³-hybridized carbons (Fsp3) is 0.333. The predicted molar refractivity (Wildman–Crippen MR) is 82.2 cm³/mol. The Hall–Kier alpha value is -2.50. The molecule has 0 unspecified atom stereocenters. The summed E-state index contributed by atoms with van der Waals surface area (Å²) in [6.07, 6.45) is 3.26. The third-order valence-corrected chi connectivity index (χ3v) is 2.99. The third kappa shape index (κ3) is 4.52. The number of anilines is 2. The lowest BCUT2D eigenvalue weighted by Crippen LogP contribution is -2.24. The maximum absolute atomic E-state index is 11.6. The van der Waals surface area contributed by atoms with Crippen molar-refractivity contribution in [3.8, 4) is 0 Å². The molecule has 6 nitrogen and oxygen atoms in total. The summed E-state index contributed by atoms with van der Waals surface area (Å²) in [4.78, 5) is 15.9. The van der Waals surface area contributed by atoms with E-state index in [2.05, 4.69) is 15.6 Å². The molecule has 2 heterocycles. The molecule has 0 aromatic carbocycles. The molecule has 0 bridgehead atoms. The van der Waals surface area contributed by atoms with Gasteiger partial charge in [0.05, 0.1) is 12.0 Å². The van der Waals surface area contributed by atoms with Crippen LogP contribution < -0.4 is 16.4 Å². The molecule has 0 aliphatic carbocycles. The number of aromatic nitrogens is 1. The second-order valence-corrected chi connectivity index (χ2v) is 4.76. The minimum absolute atomic E-state index is 0.183. The zero-order valence-electron chi connectivity index (χ0n) is 12.1. The van der Waals surface area contributed by atoms with E-state index in [1.807, 2.05) is 19.1 Å². The van der Waals surface area contributed by atoms with Gasteiger partial charge < -0.3 is 20.8 Å². The molecule has 0 spiro atoms. The van der Waals surface area contributed by atoms with Crippen LogP contribution >= 0.6 is 0 Å². The van der Waals surface area contributed by atoms with Crippen molar-refractivity contribution in [1.82, 2.24) is 10.3 Å². The van der Waals surface area contributed by atoms with Crippen LogP contribution in [-0.4, -0.2) is 24.0 Å². The summed E-state index contributed by atoms with van der Waals surface area (Å²) in [5, 5.41) is 6.01. The number of amides is 1. The van der Waals surface area contributed by atoms with Gasteiger partial charge in [-0.2, -0.15) is 0 Å². The van der Waals surface area contributed by atoms with Crippen LogP contribution in [-0.2, 0) is 0 Å². The first-order chi connectivity index (χ1) is 10.2. The van der Waals surface area contributed by atoms with Crippen molar-refractivity contribution >= 4 is 17.4 Å². The van der Waals surface area contributed by atoms with E-state index in [4.69, 9.17) is 10.2 Å². The molecular formula is C15H20N4O2. The molecule has 6 heteroatoms. The number of carbonyl (C=O) groups is 1. The Labute approximate surface area is 123 Å². The summed E-state index contributed by atoms with van der Waals surface area (Å²) in [7, 11) is 0. The average molecular weight is 288 g/mol. The Kier molecular flexibility index (Phi) is 5.20. The Morgan fingerprint density at radius 1 is 1.29 bits per heavy atom. The maximum Gasteiger partial charge on any atom is 0.286 e. The Bertz CT molecular complexity index is 581. The highest BCUT2D eigenvalue weighted by Gasteiger charge is 2.06. The van der Waals surface area contributed by atoms with Gasteiger partial charge in [-0.15, -0.1) is 0 Å². The van der Waals surface area contributed by atoms with Crippen molar-refractivity contribution < 1.29 is 9.21 Å². The van der Waals surface area contributed by atoms with Gasteiger partial charge in [0.2, 0.25) is 0 Å². The first-order valence-electron chi connectivity index (χ1n) is 6.95. The zero-order chi connectivity index (χ0) is 15.1. The van der Waals surface area contributed by atoms with Crippen LogP contribution in [0.5, 0.6) is 0 Å². The van der Waals surface area contributed by atoms with E-state index in [0.717, 1.165) is 30.9 Å². The van der Waals surface area contributed by atoms with Gasteiger partial charge in [0.25, 0.3) is 5.91 Å². The lowest BCUT2D eigenvalue weighted by molar-refractivity contribution is 0.0925. The maximum atomic E-state index is 11.6. The molecular weight excluding hydrogens is 268 g/mol. The van der Waals surface area contributed by atoms with Crippen molar-refractivity contribution in [3.63, 3.8) is 0 Å². The van der Waals surface area contributed by atoms with Crippen molar-refractivity contribution in [1.29, 1.82) is 0 Å². The molecule has 0 saturated heterocycles. The van der Waals surface area contributed by atoms with Gasteiger partial charge in [-0.3, -0.25) is 4.79 Å². The van der Waals surface area contributed by atoms with E-state index in [-0.39, 0.29) is 5.91 Å². The molecule has 112 valence electrons. The topological polar surface area (TPSA) is 93.2 Å². The van der Waals surface area contributed by atoms with E-state index in [9.17, 15) is 4.79 Å². The number of nitrogens with one attached hydrogen (secondary N) is 2. The smallest absolute Gasteiger partial charge is 0.286 e. The molecule has 2 rings (SSSR count). The lowest BCUT2D eigenvalue weighted by Gasteiger charge is -2.09. The van der Waals surface area contributed by atoms with Gasteiger partial charge in [-0.25, -0.2) is 4.98 Å². The van der Waals surface area contributed by atoms with Crippen LogP contribution in [0.25, 0.3) is 0 Å². The summed E-state index contributed by atoms with van der Waals surface area (Å²) >= 11 is 0. The molecule has 0 aliphatic rings. The second kappa shape index (κ2) is 7.33. The SMILES string of the molecule is Cc1ccc(N)c(NCCCCNC(=O)c2ccco2)n1. The normalized spacial score (nSPS) is 10.3. The highest BCUT2D eigenvalue weighted by Crippen LogP contribution is 2.15. The number of aryl methyl sites for hydroxylation is 1. The Morgan fingerprint density at radius 2 is 2.10 bits per heavy atom. The van der Waals surface area contributed by atoms with E-state index < -0.39 is 0 Å². The van der Waals surface area contributed by atoms with Crippen LogP contribution in [0, 0.1) is 6.92 Å². The van der Waals surface area contributed by atoms with E-state index >= 15 is 0 Å². The number of nitrogens with zero attached hydrogens (tertiary/aromatic N) is 1. The number of nitrogens with two attached hydrogens (primary N) is 1. The average Bonchev–Trinajstić information content (AvgIpc) is 3.00. The van der Waals surface area contributed by atoms with Gasteiger partial charge in [-0.05, 0) is 44.0 Å². The van der Waals surface area contributed by atoms with Crippen molar-refractivity contribution in [2.24, 2.45) is 0 Å². The summed E-state index contributed by atoms with van der Waals surface area (Å²) < 4.78 is 5.01. The lowest BCUT2D eigenvalue weighted by atomic mass is 10.3. The van der Waals surface area contributed by atoms with Crippen LogP contribution in [0.2, 0.25) is 0 Å². The monoisotopic (exact) mass is 288 g/mol. The highest BCUT2D eigenvalue weighted by atomic mass is 16.3. The second-order valence-electron chi connectivity index (χ2n) is 4.76. The van der Waals surface area contributed by atoms with Crippen LogP contribution in [0.4, 0.5) is 11.5 Å². The first-order valence-corrected chi connectivity index (χ1v) is 6.95. The number of hydrogen-bond acceptors (Lipinski definition) is 5. The van der Waals surface area contributed by atoms with Gasteiger partial charge in [0.1, 0.15) is 5.82 Å². The number of unbranched alkanes of at least 4 members (excludes halogenated alkanes) is 1. The number of nitrogen functional groups attached to an aromatic ring is 1. The van der Waals surface area contributed by atoms with Crippen molar-refractivity contribution in [2.75, 3.05) is 24.1 Å². The number of pyridine rings is 1. The first kappa shape index (κ1) is 14.9. The number of carbonyl (C=O) groups excluding carboxylic acids is 1. The van der Waals surface area contributed by atoms with Gasteiger partial charge in [0.15, 0.2) is 5.76 Å². The summed E-state index contributed by atoms with van der Waals surface area (Å²) in [5.41, 5.74) is 7.41. The number of hydrogen-bond donors (Lipinski definition) is 3. The quantitative estimate of drug-likeness (QED) is 0.679.